The third-order valence-corrected chi connectivity index (χ3v) is 8.70. The molecule has 3 aliphatic rings. The Morgan fingerprint density at radius 1 is 1.31 bits per heavy atom. The van der Waals surface area contributed by atoms with Gasteiger partial charge in [-0.3, -0.25) is 24.7 Å². The molecular weight excluding hydrogens is 549 g/mol. The van der Waals surface area contributed by atoms with Gasteiger partial charge in [0.25, 0.3) is 5.91 Å². The van der Waals surface area contributed by atoms with Gasteiger partial charge < -0.3 is 15.0 Å². The molecule has 0 unspecified atom stereocenters. The van der Waals surface area contributed by atoms with E-state index in [1.807, 2.05) is 13.1 Å². The average Bonchev–Trinajstić information content (AvgIpc) is 3.48. The lowest BCUT2D eigenvalue weighted by Crippen LogP contribution is -2.52. The minimum Gasteiger partial charge on any atom is -0.446 e. The number of hydrogen-bond donors (Lipinski definition) is 2. The Hall–Kier alpha value is -3.64. The highest BCUT2D eigenvalue weighted by atomic mass is 35.5. The van der Waals surface area contributed by atoms with Crippen LogP contribution in [0.3, 0.4) is 0 Å². The minimum absolute atomic E-state index is 0.0255. The van der Waals surface area contributed by atoms with Crippen molar-refractivity contribution in [3.8, 4) is 0 Å². The molecule has 3 aromatic rings. The van der Waals surface area contributed by atoms with Crippen LogP contribution in [0, 0.1) is 12.7 Å². The molecule has 1 aliphatic carbocycles. The van der Waals surface area contributed by atoms with E-state index in [-0.39, 0.29) is 59.7 Å². The van der Waals surface area contributed by atoms with Gasteiger partial charge in [-0.2, -0.15) is 0 Å². The van der Waals surface area contributed by atoms with E-state index in [2.05, 4.69) is 20.6 Å². The monoisotopic (exact) mass is 571 g/mol. The summed E-state index contributed by atoms with van der Waals surface area (Å²) in [7, 11) is 0. The first-order chi connectivity index (χ1) is 18.7. The summed E-state index contributed by atoms with van der Waals surface area (Å²) in [5.74, 6) is -2.30. The zero-order valence-corrected chi connectivity index (χ0v) is 22.3. The summed E-state index contributed by atoms with van der Waals surface area (Å²) in [6.07, 6.45) is 2.33. The second-order valence-electron chi connectivity index (χ2n) is 9.96. The number of pyridine rings is 1. The fraction of sp³-hybridized carbons (Fsp3) is 0.385. The normalized spacial score (nSPS) is 22.5. The third-order valence-electron chi connectivity index (χ3n) is 7.60. The predicted octanol–water partition coefficient (Wildman–Crippen LogP) is 3.73. The van der Waals surface area contributed by atoms with Crippen molar-refractivity contribution >= 4 is 57.0 Å². The number of ether oxygens (including phenoxy) is 1. The lowest BCUT2D eigenvalue weighted by molar-refractivity contribution is -0.136. The molecular formula is C26H23ClFN5O5S. The van der Waals surface area contributed by atoms with Gasteiger partial charge in [-0.25, -0.2) is 14.2 Å². The smallest absolute Gasteiger partial charge is 0.407 e. The number of nitrogens with one attached hydrogen (secondary N) is 2. The van der Waals surface area contributed by atoms with Crippen LogP contribution in [0.15, 0.2) is 17.8 Å². The zero-order valence-electron chi connectivity index (χ0n) is 20.8. The Balaban J connectivity index is 1.08. The fourth-order valence-electron chi connectivity index (χ4n) is 5.53. The first-order valence-electron chi connectivity index (χ1n) is 12.5. The molecule has 1 saturated carbocycles. The Kier molecular flexibility index (Phi) is 6.46. The van der Waals surface area contributed by atoms with Gasteiger partial charge in [-0.05, 0) is 38.2 Å². The molecule has 2 N–H and O–H groups in total. The van der Waals surface area contributed by atoms with Crippen LogP contribution < -0.4 is 10.6 Å². The molecule has 1 atom stereocenters. The largest absolute Gasteiger partial charge is 0.446 e. The van der Waals surface area contributed by atoms with Crippen molar-refractivity contribution in [2.45, 2.75) is 63.8 Å². The standard InChI is InChI=1S/C26H23ClFN5O5S/c1-11-20(23-18(8-29-11)39-10-31-23)12-4-14(5-12)38-26(37)30-7-13-6-16(27)15-9-33(25(36)21(15)22(13)28)17-2-3-19(34)32-24(17)35/h6,8,10,12,14,17H,2-5,7,9H2,1H3,(H,30,37)(H,32,34,35)/t12?,14?,17-/m0/s1. The molecule has 2 fully saturated rings. The van der Waals surface area contributed by atoms with Gasteiger partial charge in [0.15, 0.2) is 0 Å². The first-order valence-corrected chi connectivity index (χ1v) is 13.7. The highest BCUT2D eigenvalue weighted by Gasteiger charge is 2.42. The summed E-state index contributed by atoms with van der Waals surface area (Å²) in [6.45, 7) is 1.67. The molecule has 0 bridgehead atoms. The third kappa shape index (κ3) is 4.51. The molecule has 6 rings (SSSR count). The summed E-state index contributed by atoms with van der Waals surface area (Å²) < 4.78 is 21.9. The van der Waals surface area contributed by atoms with Crippen LogP contribution >= 0.6 is 22.9 Å². The molecule has 13 heteroatoms. The molecule has 202 valence electrons. The number of thiazole rings is 1. The summed E-state index contributed by atoms with van der Waals surface area (Å²) >= 11 is 7.91. The summed E-state index contributed by atoms with van der Waals surface area (Å²) in [5, 5.41) is 4.90. The Bertz CT molecular complexity index is 1560. The molecule has 39 heavy (non-hydrogen) atoms. The summed E-state index contributed by atoms with van der Waals surface area (Å²) in [5.41, 5.74) is 4.80. The average molecular weight is 572 g/mol. The highest BCUT2D eigenvalue weighted by Crippen LogP contribution is 2.43. The van der Waals surface area contributed by atoms with Gasteiger partial charge in [-0.1, -0.05) is 11.6 Å². The molecule has 4 amide bonds. The topological polar surface area (TPSA) is 131 Å². The lowest BCUT2D eigenvalue weighted by atomic mass is 9.76. The van der Waals surface area contributed by atoms with Crippen molar-refractivity contribution in [1.82, 2.24) is 25.5 Å². The number of carbonyl (C=O) groups is 4. The summed E-state index contributed by atoms with van der Waals surface area (Å²) in [6, 6.07) is 0.476. The van der Waals surface area contributed by atoms with Crippen molar-refractivity contribution in [1.29, 1.82) is 0 Å². The first kappa shape index (κ1) is 25.6. The van der Waals surface area contributed by atoms with Crippen molar-refractivity contribution in [2.24, 2.45) is 0 Å². The molecule has 1 aromatic carbocycles. The van der Waals surface area contributed by atoms with Gasteiger partial charge in [0, 0.05) is 53.1 Å². The van der Waals surface area contributed by atoms with E-state index < -0.39 is 35.7 Å². The van der Waals surface area contributed by atoms with E-state index in [1.54, 1.807) is 5.51 Å². The van der Waals surface area contributed by atoms with Crippen LogP contribution in [-0.2, 0) is 27.4 Å². The molecule has 10 nitrogen and oxygen atoms in total. The molecule has 2 aromatic heterocycles. The number of rotatable bonds is 5. The van der Waals surface area contributed by atoms with E-state index >= 15 is 4.39 Å². The van der Waals surface area contributed by atoms with Gasteiger partial charge in [0.1, 0.15) is 18.0 Å². The zero-order chi connectivity index (χ0) is 27.4. The van der Waals surface area contributed by atoms with E-state index in [0.717, 1.165) is 21.5 Å². The number of fused-ring (bicyclic) bond motifs is 2. The van der Waals surface area contributed by atoms with Gasteiger partial charge in [0.05, 0.1) is 21.3 Å². The van der Waals surface area contributed by atoms with Crippen LogP contribution in [0.25, 0.3) is 10.2 Å². The highest BCUT2D eigenvalue weighted by molar-refractivity contribution is 7.16. The fourth-order valence-corrected chi connectivity index (χ4v) is 6.48. The molecule has 0 spiro atoms. The number of benzene rings is 1. The van der Waals surface area contributed by atoms with Gasteiger partial charge >= 0.3 is 6.09 Å². The van der Waals surface area contributed by atoms with E-state index in [1.165, 1.54) is 22.3 Å². The number of aromatic nitrogens is 2. The maximum atomic E-state index is 15.4. The van der Waals surface area contributed by atoms with Crippen LogP contribution in [0.1, 0.15) is 64.3 Å². The van der Waals surface area contributed by atoms with E-state index in [0.29, 0.717) is 12.8 Å². The summed E-state index contributed by atoms with van der Waals surface area (Å²) in [4.78, 5) is 59.4. The number of alkyl carbamates (subject to hydrolysis) is 1. The second-order valence-corrected chi connectivity index (χ2v) is 11.3. The van der Waals surface area contributed by atoms with Crippen LogP contribution in [0.4, 0.5) is 9.18 Å². The van der Waals surface area contributed by atoms with E-state index in [4.69, 9.17) is 16.3 Å². The van der Waals surface area contributed by atoms with Gasteiger partial charge in [0.2, 0.25) is 11.8 Å². The number of piperidine rings is 1. The number of carbonyl (C=O) groups excluding carboxylic acids is 4. The quantitative estimate of drug-likeness (QED) is 0.446. The lowest BCUT2D eigenvalue weighted by Gasteiger charge is -2.35. The van der Waals surface area contributed by atoms with Crippen molar-refractivity contribution in [3.63, 3.8) is 0 Å². The maximum absolute atomic E-state index is 15.4. The van der Waals surface area contributed by atoms with Crippen LogP contribution in [0.2, 0.25) is 5.02 Å². The number of halogens is 2. The maximum Gasteiger partial charge on any atom is 0.407 e. The molecule has 0 radical (unpaired) electrons. The number of nitrogens with zero attached hydrogens (tertiary/aromatic N) is 3. The SMILES string of the molecule is Cc1ncc2scnc2c1C1CC(OC(=O)NCc2cc(Cl)c3c(c2F)C(=O)N([C@H]2CCC(=O)NC2=O)C3)C1. The van der Waals surface area contributed by atoms with Crippen molar-refractivity contribution in [3.05, 3.63) is 56.6 Å². The van der Waals surface area contributed by atoms with Crippen LogP contribution in [0.5, 0.6) is 0 Å². The molecule has 2 aliphatic heterocycles. The van der Waals surface area contributed by atoms with Crippen molar-refractivity contribution < 1.29 is 28.3 Å². The van der Waals surface area contributed by atoms with Crippen molar-refractivity contribution in [2.75, 3.05) is 0 Å². The molecule has 1 saturated heterocycles. The predicted molar refractivity (Wildman–Crippen MR) is 139 cm³/mol. The number of hydrogen-bond acceptors (Lipinski definition) is 8. The van der Waals surface area contributed by atoms with E-state index in [9.17, 15) is 19.2 Å². The second kappa shape index (κ2) is 9.83. The van der Waals surface area contributed by atoms with Crippen LogP contribution in [-0.4, -0.2) is 50.8 Å². The Labute approximate surface area is 230 Å². The number of aryl methyl sites for hydroxylation is 1. The molecule has 4 heterocycles. The number of imide groups is 1. The Morgan fingerprint density at radius 2 is 2.10 bits per heavy atom. The van der Waals surface area contributed by atoms with Gasteiger partial charge in [-0.15, -0.1) is 11.3 Å². The number of amides is 4. The Morgan fingerprint density at radius 3 is 2.87 bits per heavy atom. The minimum atomic E-state index is -0.886.